The first-order valence-electron chi connectivity index (χ1n) is 5.71. The van der Waals surface area contributed by atoms with Crippen molar-refractivity contribution in [2.24, 2.45) is 5.92 Å². The second kappa shape index (κ2) is 5.84. The van der Waals surface area contributed by atoms with E-state index >= 15 is 0 Å². The molecular formula is C11H19NO4. The largest absolute Gasteiger partial charge is 0.480 e. The highest BCUT2D eigenvalue weighted by molar-refractivity contribution is 5.86. The third kappa shape index (κ3) is 3.20. The molecule has 0 aromatic heterocycles. The van der Waals surface area contributed by atoms with Gasteiger partial charge in [-0.2, -0.15) is 0 Å². The van der Waals surface area contributed by atoms with Crippen LogP contribution in [0.3, 0.4) is 0 Å². The van der Waals surface area contributed by atoms with Crippen molar-refractivity contribution in [1.82, 2.24) is 5.32 Å². The highest BCUT2D eigenvalue weighted by Gasteiger charge is 2.30. The minimum Gasteiger partial charge on any atom is -0.480 e. The van der Waals surface area contributed by atoms with Gasteiger partial charge in [0, 0.05) is 6.61 Å². The molecule has 1 heterocycles. The van der Waals surface area contributed by atoms with E-state index in [4.69, 9.17) is 9.84 Å². The second-order valence-electron chi connectivity index (χ2n) is 4.21. The van der Waals surface area contributed by atoms with Gasteiger partial charge in [-0.15, -0.1) is 0 Å². The number of rotatable bonds is 5. The Morgan fingerprint density at radius 1 is 1.56 bits per heavy atom. The molecule has 0 aromatic carbocycles. The van der Waals surface area contributed by atoms with Crippen LogP contribution in [0.15, 0.2) is 0 Å². The van der Waals surface area contributed by atoms with Crippen LogP contribution in [0, 0.1) is 5.92 Å². The van der Waals surface area contributed by atoms with Crippen molar-refractivity contribution in [3.63, 3.8) is 0 Å². The number of carbonyl (C=O) groups is 2. The van der Waals surface area contributed by atoms with E-state index < -0.39 is 18.1 Å². The molecule has 3 atom stereocenters. The Hall–Kier alpha value is -1.10. The molecule has 1 amide bonds. The highest BCUT2D eigenvalue weighted by atomic mass is 16.5. The number of carboxylic acid groups (broad SMARTS) is 1. The quantitative estimate of drug-likeness (QED) is 0.730. The van der Waals surface area contributed by atoms with Gasteiger partial charge in [-0.05, 0) is 18.8 Å². The van der Waals surface area contributed by atoms with Crippen LogP contribution in [-0.2, 0) is 14.3 Å². The molecule has 1 unspecified atom stereocenters. The molecule has 0 saturated carbocycles. The van der Waals surface area contributed by atoms with Crippen LogP contribution in [0.2, 0.25) is 0 Å². The summed E-state index contributed by atoms with van der Waals surface area (Å²) in [4.78, 5) is 22.7. The minimum absolute atomic E-state index is 0.0807. The Bertz CT molecular complexity index is 261. The summed E-state index contributed by atoms with van der Waals surface area (Å²) in [5, 5.41) is 11.6. The average Bonchev–Trinajstić information content (AvgIpc) is 2.77. The fourth-order valence-corrected chi connectivity index (χ4v) is 1.71. The summed E-state index contributed by atoms with van der Waals surface area (Å²) in [7, 11) is 0. The van der Waals surface area contributed by atoms with Crippen LogP contribution in [0.5, 0.6) is 0 Å². The SMILES string of the molecule is CC[C@H](C)[C@H](NC(=O)C1CCCO1)C(=O)O. The van der Waals surface area contributed by atoms with Gasteiger partial charge in [-0.3, -0.25) is 4.79 Å². The number of aliphatic carboxylic acids is 1. The Balaban J connectivity index is 2.53. The van der Waals surface area contributed by atoms with E-state index in [0.29, 0.717) is 19.4 Å². The lowest BCUT2D eigenvalue weighted by Crippen LogP contribution is -2.48. The third-order valence-electron chi connectivity index (χ3n) is 3.00. The first kappa shape index (κ1) is 13.0. The second-order valence-corrected chi connectivity index (χ2v) is 4.21. The Kier molecular flexibility index (Phi) is 4.73. The van der Waals surface area contributed by atoms with E-state index in [1.807, 2.05) is 13.8 Å². The molecule has 1 aliphatic heterocycles. The fourth-order valence-electron chi connectivity index (χ4n) is 1.71. The molecule has 0 aliphatic carbocycles. The lowest BCUT2D eigenvalue weighted by molar-refractivity contribution is -0.145. The number of nitrogens with one attached hydrogen (secondary N) is 1. The first-order chi connectivity index (χ1) is 7.56. The van der Waals surface area contributed by atoms with Gasteiger partial charge in [0.2, 0.25) is 5.91 Å². The molecular weight excluding hydrogens is 210 g/mol. The maximum absolute atomic E-state index is 11.7. The molecule has 1 aliphatic rings. The minimum atomic E-state index is -0.985. The molecule has 1 rings (SSSR count). The number of ether oxygens (including phenoxy) is 1. The molecule has 0 bridgehead atoms. The van der Waals surface area contributed by atoms with Gasteiger partial charge in [0.1, 0.15) is 12.1 Å². The van der Waals surface area contributed by atoms with Gasteiger partial charge in [-0.1, -0.05) is 20.3 Å². The molecule has 92 valence electrons. The van der Waals surface area contributed by atoms with Crippen LogP contribution in [0.25, 0.3) is 0 Å². The van der Waals surface area contributed by atoms with E-state index in [1.165, 1.54) is 0 Å². The van der Waals surface area contributed by atoms with E-state index in [0.717, 1.165) is 6.42 Å². The predicted molar refractivity (Wildman–Crippen MR) is 58.0 cm³/mol. The standard InChI is InChI=1S/C11H19NO4/c1-3-7(2)9(11(14)15)12-10(13)8-5-4-6-16-8/h7-9H,3-6H2,1-2H3,(H,12,13)(H,14,15)/t7-,8?,9-/m0/s1. The molecule has 0 radical (unpaired) electrons. The molecule has 1 fully saturated rings. The smallest absolute Gasteiger partial charge is 0.326 e. The maximum Gasteiger partial charge on any atom is 0.326 e. The van der Waals surface area contributed by atoms with Gasteiger partial charge >= 0.3 is 5.97 Å². The monoisotopic (exact) mass is 229 g/mol. The molecule has 1 saturated heterocycles. The Morgan fingerprint density at radius 2 is 2.25 bits per heavy atom. The number of carboxylic acids is 1. The zero-order chi connectivity index (χ0) is 12.1. The van der Waals surface area contributed by atoms with Crippen LogP contribution in [0.1, 0.15) is 33.1 Å². The molecule has 2 N–H and O–H groups in total. The predicted octanol–water partition coefficient (Wildman–Crippen LogP) is 0.781. The summed E-state index contributed by atoms with van der Waals surface area (Å²) in [6.45, 7) is 4.30. The summed E-state index contributed by atoms with van der Waals surface area (Å²) in [6, 6.07) is -0.818. The summed E-state index contributed by atoms with van der Waals surface area (Å²) < 4.78 is 5.20. The molecule has 16 heavy (non-hydrogen) atoms. The summed E-state index contributed by atoms with van der Waals surface area (Å²) in [5.74, 6) is -1.37. The van der Waals surface area contributed by atoms with Crippen LogP contribution in [0.4, 0.5) is 0 Å². The molecule has 0 spiro atoms. The lowest BCUT2D eigenvalue weighted by Gasteiger charge is -2.21. The van der Waals surface area contributed by atoms with Crippen molar-refractivity contribution < 1.29 is 19.4 Å². The van der Waals surface area contributed by atoms with Gasteiger partial charge in [0.25, 0.3) is 0 Å². The van der Waals surface area contributed by atoms with Crippen molar-refractivity contribution in [1.29, 1.82) is 0 Å². The van der Waals surface area contributed by atoms with Gasteiger partial charge in [-0.25, -0.2) is 4.79 Å². The van der Waals surface area contributed by atoms with Crippen molar-refractivity contribution in [2.45, 2.75) is 45.3 Å². The Morgan fingerprint density at radius 3 is 2.69 bits per heavy atom. The third-order valence-corrected chi connectivity index (χ3v) is 3.00. The maximum atomic E-state index is 11.7. The van der Waals surface area contributed by atoms with Crippen LogP contribution >= 0.6 is 0 Å². The first-order valence-corrected chi connectivity index (χ1v) is 5.71. The van der Waals surface area contributed by atoms with Gasteiger partial charge in [0.05, 0.1) is 0 Å². The highest BCUT2D eigenvalue weighted by Crippen LogP contribution is 2.14. The number of hydrogen-bond donors (Lipinski definition) is 2. The normalized spacial score (nSPS) is 23.8. The Labute approximate surface area is 95.2 Å². The van der Waals surface area contributed by atoms with E-state index in [9.17, 15) is 9.59 Å². The van der Waals surface area contributed by atoms with E-state index in [-0.39, 0.29) is 11.8 Å². The van der Waals surface area contributed by atoms with Crippen molar-refractivity contribution >= 4 is 11.9 Å². The number of amides is 1. The zero-order valence-corrected chi connectivity index (χ0v) is 9.73. The molecule has 0 aromatic rings. The van der Waals surface area contributed by atoms with E-state index in [1.54, 1.807) is 0 Å². The fraction of sp³-hybridized carbons (Fsp3) is 0.818. The van der Waals surface area contributed by atoms with Crippen molar-refractivity contribution in [3.8, 4) is 0 Å². The molecule has 5 heteroatoms. The zero-order valence-electron chi connectivity index (χ0n) is 9.73. The molecule has 5 nitrogen and oxygen atoms in total. The van der Waals surface area contributed by atoms with Crippen LogP contribution in [-0.4, -0.2) is 35.7 Å². The number of carbonyl (C=O) groups excluding carboxylic acids is 1. The van der Waals surface area contributed by atoms with Gasteiger partial charge in [0.15, 0.2) is 0 Å². The van der Waals surface area contributed by atoms with Gasteiger partial charge < -0.3 is 15.2 Å². The summed E-state index contributed by atoms with van der Waals surface area (Å²) in [5.41, 5.74) is 0. The van der Waals surface area contributed by atoms with Crippen molar-refractivity contribution in [3.05, 3.63) is 0 Å². The summed E-state index contributed by atoms with van der Waals surface area (Å²) >= 11 is 0. The van der Waals surface area contributed by atoms with E-state index in [2.05, 4.69) is 5.32 Å². The van der Waals surface area contributed by atoms with Crippen molar-refractivity contribution in [2.75, 3.05) is 6.61 Å². The average molecular weight is 229 g/mol. The lowest BCUT2D eigenvalue weighted by atomic mass is 9.99. The summed E-state index contributed by atoms with van der Waals surface area (Å²) in [6.07, 6.45) is 1.78. The topological polar surface area (TPSA) is 75.6 Å². The number of hydrogen-bond acceptors (Lipinski definition) is 3. The van der Waals surface area contributed by atoms with Crippen LogP contribution < -0.4 is 5.32 Å².